The summed E-state index contributed by atoms with van der Waals surface area (Å²) in [5.74, 6) is 0.645. The van der Waals surface area contributed by atoms with Crippen LogP contribution in [-0.2, 0) is 49.3 Å². The lowest BCUT2D eigenvalue weighted by molar-refractivity contribution is -0.117. The van der Waals surface area contributed by atoms with Crippen molar-refractivity contribution in [3.8, 4) is 39.6 Å². The Bertz CT molecular complexity index is 2350. The van der Waals surface area contributed by atoms with Gasteiger partial charge in [-0.05, 0) is 76.6 Å². The molecule has 2 aliphatic rings. The highest BCUT2D eigenvalue weighted by Gasteiger charge is 2.39. The largest absolute Gasteiger partial charge is 0.496 e. The fourth-order valence-corrected chi connectivity index (χ4v) is 8.07. The van der Waals surface area contributed by atoms with Crippen molar-refractivity contribution < 1.29 is 61.8 Å². The first-order valence-corrected chi connectivity index (χ1v) is 24.1. The molecule has 20 heteroatoms. The van der Waals surface area contributed by atoms with Crippen LogP contribution in [0.5, 0.6) is 11.5 Å². The number of morpholine rings is 1. The molecule has 1 saturated heterocycles. The molecule has 0 atom stereocenters. The summed E-state index contributed by atoms with van der Waals surface area (Å²) < 4.78 is 57.9. The van der Waals surface area contributed by atoms with Gasteiger partial charge in [0.2, 0.25) is 5.91 Å². The van der Waals surface area contributed by atoms with Crippen LogP contribution in [0.15, 0.2) is 54.6 Å². The molecule has 4 aromatic rings. The Hall–Kier alpha value is -5.02. The monoisotopic (exact) mass is 1010 g/mol. The Morgan fingerprint density at radius 3 is 2.00 bits per heavy atom. The summed E-state index contributed by atoms with van der Waals surface area (Å²) in [5, 5.41) is 11.4. The molecule has 2 N–H and O–H groups in total. The van der Waals surface area contributed by atoms with E-state index in [1.54, 1.807) is 34.9 Å². The van der Waals surface area contributed by atoms with E-state index in [0.29, 0.717) is 149 Å². The van der Waals surface area contributed by atoms with Gasteiger partial charge in [-0.3, -0.25) is 9.59 Å². The first-order chi connectivity index (χ1) is 33.6. The van der Waals surface area contributed by atoms with E-state index in [-0.39, 0.29) is 37.1 Å². The molecule has 0 bridgehead atoms. The van der Waals surface area contributed by atoms with Crippen LogP contribution in [0.4, 0.5) is 10.5 Å². The molecule has 3 aromatic carbocycles. The molecule has 382 valence electrons. The van der Waals surface area contributed by atoms with E-state index in [4.69, 9.17) is 75.7 Å². The van der Waals surface area contributed by atoms with Gasteiger partial charge in [-0.1, -0.05) is 35.3 Å². The number of amides is 3. The number of benzene rings is 3. The number of carbonyl (C=O) groups is 3. The molecule has 0 saturated carbocycles. The Kier molecular flexibility index (Phi) is 20.5. The number of nitrogens with one attached hydrogen (secondary N) is 2. The van der Waals surface area contributed by atoms with Gasteiger partial charge in [0, 0.05) is 51.6 Å². The first kappa shape index (κ1) is 54.3. The molecular formula is C50H65Cl2N5O13. The molecule has 3 amide bonds. The summed E-state index contributed by atoms with van der Waals surface area (Å²) in [5.41, 5.74) is 3.78. The zero-order valence-corrected chi connectivity index (χ0v) is 42.3. The molecule has 0 aliphatic carbocycles. The Morgan fingerprint density at radius 1 is 0.786 bits per heavy atom. The smallest absolute Gasteiger partial charge is 0.407 e. The minimum Gasteiger partial charge on any atom is -0.496 e. The van der Waals surface area contributed by atoms with Crippen molar-refractivity contribution in [2.45, 2.75) is 58.8 Å². The van der Waals surface area contributed by atoms with Crippen LogP contribution >= 0.6 is 23.2 Å². The fraction of sp³-hybridized carbons (Fsp3) is 0.520. The van der Waals surface area contributed by atoms with Crippen LogP contribution in [0.1, 0.15) is 57.1 Å². The highest BCUT2D eigenvalue weighted by Crippen LogP contribution is 2.47. The second-order valence-electron chi connectivity index (χ2n) is 17.9. The highest BCUT2D eigenvalue weighted by atomic mass is 35.5. The van der Waals surface area contributed by atoms with Crippen LogP contribution < -0.4 is 20.1 Å². The zero-order chi connectivity index (χ0) is 50.1. The van der Waals surface area contributed by atoms with E-state index in [9.17, 15) is 14.4 Å². The van der Waals surface area contributed by atoms with Crippen molar-refractivity contribution in [3.05, 3.63) is 75.9 Å². The van der Waals surface area contributed by atoms with E-state index in [0.717, 1.165) is 11.1 Å². The summed E-state index contributed by atoms with van der Waals surface area (Å²) in [6.45, 7) is 15.7. The number of hydrogen-bond acceptors (Lipinski definition) is 14. The maximum Gasteiger partial charge on any atom is 0.407 e. The normalized spacial score (nSPS) is 14.1. The van der Waals surface area contributed by atoms with Crippen molar-refractivity contribution in [1.82, 2.24) is 20.0 Å². The molecule has 1 fully saturated rings. The molecule has 18 nitrogen and oxygen atoms in total. The fourth-order valence-electron chi connectivity index (χ4n) is 7.55. The predicted octanol–water partition coefficient (Wildman–Crippen LogP) is 7.62. The van der Waals surface area contributed by atoms with Gasteiger partial charge in [0.05, 0.1) is 123 Å². The molecule has 2 aliphatic heterocycles. The minimum absolute atomic E-state index is 0.0916. The number of anilines is 1. The van der Waals surface area contributed by atoms with Crippen LogP contribution in [0.25, 0.3) is 28.1 Å². The molecule has 3 heterocycles. The number of nitrogens with zero attached hydrogens (tertiary/aromatic N) is 3. The number of fused-ring (bicyclic) bond motifs is 3. The first-order valence-electron chi connectivity index (χ1n) is 23.3. The zero-order valence-electron chi connectivity index (χ0n) is 40.8. The summed E-state index contributed by atoms with van der Waals surface area (Å²) in [4.78, 5) is 40.7. The van der Waals surface area contributed by atoms with E-state index in [1.165, 1.54) is 0 Å². The molecule has 0 spiro atoms. The molecule has 70 heavy (non-hydrogen) atoms. The van der Waals surface area contributed by atoms with Gasteiger partial charge in [-0.25, -0.2) is 9.48 Å². The van der Waals surface area contributed by atoms with Gasteiger partial charge in [0.25, 0.3) is 5.91 Å². The summed E-state index contributed by atoms with van der Waals surface area (Å²) >= 11 is 13.0. The number of halogens is 2. The van der Waals surface area contributed by atoms with Gasteiger partial charge in [0.15, 0.2) is 5.69 Å². The van der Waals surface area contributed by atoms with Gasteiger partial charge < -0.3 is 62.9 Å². The van der Waals surface area contributed by atoms with Crippen molar-refractivity contribution in [2.75, 3.05) is 118 Å². The Balaban J connectivity index is 0.920. The number of rotatable bonds is 26. The van der Waals surface area contributed by atoms with Crippen LogP contribution in [0.3, 0.4) is 0 Å². The topological polar surface area (TPSA) is 189 Å². The Morgan fingerprint density at radius 2 is 1.40 bits per heavy atom. The van der Waals surface area contributed by atoms with Gasteiger partial charge in [0.1, 0.15) is 23.7 Å². The average Bonchev–Trinajstić information content (AvgIpc) is 3.71. The number of carbonyl (C=O) groups excluding carboxylic acids is 3. The second-order valence-corrected chi connectivity index (χ2v) is 18.7. The lowest BCUT2D eigenvalue weighted by Gasteiger charge is -2.41. The predicted molar refractivity (Wildman–Crippen MR) is 264 cm³/mol. The summed E-state index contributed by atoms with van der Waals surface area (Å²) in [7, 11) is 1.58. The number of ether oxygens (including phenoxy) is 10. The maximum atomic E-state index is 14.3. The Labute approximate surface area is 419 Å². The molecule has 1 aromatic heterocycles. The number of methoxy groups -OCH3 is 1. The van der Waals surface area contributed by atoms with Crippen molar-refractivity contribution in [2.24, 2.45) is 0 Å². The highest BCUT2D eigenvalue weighted by molar-refractivity contribution is 6.34. The third-order valence-corrected chi connectivity index (χ3v) is 11.2. The van der Waals surface area contributed by atoms with Crippen LogP contribution in [0, 0.1) is 0 Å². The third kappa shape index (κ3) is 16.0. The SMILES string of the molecule is COc1cc2c(cc1-c1cccc(NC(=O)CCOCCOCCOCCOCCOCCOCCNC(=O)OC(C)(C)C)c1)-c1c(c(C(=O)N3CCOCC3(C)C)nn1-c1cc(Cl)cc(Cl)c1)CO2. The summed E-state index contributed by atoms with van der Waals surface area (Å²) in [6, 6.07) is 16.3. The van der Waals surface area contributed by atoms with E-state index in [2.05, 4.69) is 10.6 Å². The average molecular weight is 1010 g/mol. The van der Waals surface area contributed by atoms with Gasteiger partial charge in [-0.2, -0.15) is 5.10 Å². The minimum atomic E-state index is -0.554. The maximum absolute atomic E-state index is 14.3. The standard InChI is InChI=1S/C50H65Cl2N5O13/c1-49(2,3)70-48(60)53-11-14-63-17-19-65-21-23-67-25-24-66-22-20-64-18-16-62-13-10-44(58)54-37-9-7-8-34(26-37)39-30-40-43(31-42(39)61-6)69-32-41-45(47(59)56-12-15-68-33-50(56,4)5)55-57(46(40)41)38-28-35(51)27-36(52)29-38/h7-9,26-31H,10-25,32-33H2,1-6H3,(H,53,60)(H,54,58). The third-order valence-electron chi connectivity index (χ3n) is 10.8. The van der Waals surface area contributed by atoms with Crippen LogP contribution in [-0.4, -0.2) is 156 Å². The van der Waals surface area contributed by atoms with Crippen molar-refractivity contribution in [3.63, 3.8) is 0 Å². The molecular weight excluding hydrogens is 949 g/mol. The molecule has 0 unspecified atom stereocenters. The lowest BCUT2D eigenvalue weighted by atomic mass is 9.95. The molecule has 6 rings (SSSR count). The summed E-state index contributed by atoms with van der Waals surface area (Å²) in [6.07, 6.45) is -0.328. The quantitative estimate of drug-likeness (QED) is 0.0585. The van der Waals surface area contributed by atoms with Crippen molar-refractivity contribution >= 4 is 46.8 Å². The second kappa shape index (κ2) is 26.4. The van der Waals surface area contributed by atoms with Crippen LogP contribution in [0.2, 0.25) is 10.0 Å². The van der Waals surface area contributed by atoms with Crippen molar-refractivity contribution in [1.29, 1.82) is 0 Å². The lowest BCUT2D eigenvalue weighted by Crippen LogP contribution is -2.55. The number of hydrogen-bond donors (Lipinski definition) is 2. The van der Waals surface area contributed by atoms with E-state index < -0.39 is 17.2 Å². The van der Waals surface area contributed by atoms with E-state index >= 15 is 0 Å². The number of alkyl carbamates (subject to hydrolysis) is 1. The van der Waals surface area contributed by atoms with E-state index in [1.807, 2.05) is 71.0 Å². The van der Waals surface area contributed by atoms with Gasteiger partial charge >= 0.3 is 6.09 Å². The molecule has 0 radical (unpaired) electrons. The number of aromatic nitrogens is 2. The van der Waals surface area contributed by atoms with Gasteiger partial charge in [-0.15, -0.1) is 0 Å².